The molecule has 0 spiro atoms. The zero-order valence-electron chi connectivity index (χ0n) is 14.4. The number of ether oxygens (including phenoxy) is 1. The van der Waals surface area contributed by atoms with Crippen molar-refractivity contribution in [1.82, 2.24) is 14.9 Å². The number of aromatic nitrogens is 2. The average Bonchev–Trinajstić information content (AvgIpc) is 3.07. The quantitative estimate of drug-likeness (QED) is 0.624. The van der Waals surface area contributed by atoms with Crippen LogP contribution >= 0.6 is 11.6 Å². The summed E-state index contributed by atoms with van der Waals surface area (Å²) >= 11 is 5.97. The van der Waals surface area contributed by atoms with Crippen LogP contribution in [0.5, 0.6) is 0 Å². The van der Waals surface area contributed by atoms with Gasteiger partial charge in [-0.2, -0.15) is 0 Å². The number of aromatic amines is 1. The summed E-state index contributed by atoms with van der Waals surface area (Å²) in [6, 6.07) is 5.30. The molecule has 0 atom stereocenters. The molecule has 7 nitrogen and oxygen atoms in total. The van der Waals surface area contributed by atoms with Crippen LogP contribution in [0, 0.1) is 0 Å². The van der Waals surface area contributed by atoms with Crippen molar-refractivity contribution < 1.29 is 19.4 Å². The van der Waals surface area contributed by atoms with Crippen molar-refractivity contribution in [2.45, 2.75) is 25.7 Å². The number of nitrogens with zero attached hydrogens (tertiary/aromatic N) is 2. The lowest BCUT2D eigenvalue weighted by atomic mass is 9.91. The van der Waals surface area contributed by atoms with Crippen LogP contribution in [-0.2, 0) is 4.74 Å². The van der Waals surface area contributed by atoms with Gasteiger partial charge in [-0.15, -0.1) is 0 Å². The highest BCUT2D eigenvalue weighted by molar-refractivity contribution is 6.29. The summed E-state index contributed by atoms with van der Waals surface area (Å²) in [5.74, 6) is -0.318. The fourth-order valence-electron chi connectivity index (χ4n) is 3.26. The predicted molar refractivity (Wildman–Crippen MR) is 96.6 cm³/mol. The van der Waals surface area contributed by atoms with Gasteiger partial charge < -0.3 is 19.7 Å². The molecule has 8 heteroatoms. The maximum absolute atomic E-state index is 12.4. The van der Waals surface area contributed by atoms with Crippen molar-refractivity contribution >= 4 is 23.7 Å². The van der Waals surface area contributed by atoms with Crippen molar-refractivity contribution in [2.75, 3.05) is 19.7 Å². The Labute approximate surface area is 155 Å². The average molecular weight is 378 g/mol. The number of rotatable bonds is 4. The number of carboxylic acid groups (broad SMARTS) is 1. The zero-order valence-corrected chi connectivity index (χ0v) is 15.1. The second-order valence-corrected chi connectivity index (χ2v) is 6.53. The van der Waals surface area contributed by atoms with E-state index in [2.05, 4.69) is 9.97 Å². The molecule has 2 aromatic heterocycles. The van der Waals surface area contributed by atoms with Crippen LogP contribution < -0.4 is 0 Å². The van der Waals surface area contributed by atoms with Crippen molar-refractivity contribution in [1.29, 1.82) is 0 Å². The highest BCUT2D eigenvalue weighted by atomic mass is 35.5. The Bertz CT molecular complexity index is 813. The molecule has 138 valence electrons. The second-order valence-electron chi connectivity index (χ2n) is 6.14. The number of carbonyl (C=O) groups excluding carboxylic acids is 1. The second kappa shape index (κ2) is 7.78. The number of halogens is 1. The summed E-state index contributed by atoms with van der Waals surface area (Å²) in [5.41, 5.74) is 2.86. The lowest BCUT2D eigenvalue weighted by Crippen LogP contribution is -2.37. The third-order valence-corrected chi connectivity index (χ3v) is 4.76. The van der Waals surface area contributed by atoms with Gasteiger partial charge in [0.15, 0.2) is 0 Å². The molecule has 1 saturated heterocycles. The molecule has 0 unspecified atom stereocenters. The first-order chi connectivity index (χ1) is 12.5. The van der Waals surface area contributed by atoms with E-state index in [1.165, 1.54) is 4.90 Å². The Balaban J connectivity index is 1.92. The topological polar surface area (TPSA) is 95.5 Å². The largest absolute Gasteiger partial charge is 0.465 e. The highest BCUT2D eigenvalue weighted by Gasteiger charge is 2.29. The van der Waals surface area contributed by atoms with Crippen LogP contribution in [0.3, 0.4) is 0 Å². The number of nitrogens with one attached hydrogen (secondary N) is 1. The van der Waals surface area contributed by atoms with Gasteiger partial charge in [0, 0.05) is 42.2 Å². The van der Waals surface area contributed by atoms with E-state index in [9.17, 15) is 9.59 Å². The van der Waals surface area contributed by atoms with Gasteiger partial charge in [0.1, 0.15) is 5.15 Å². The minimum Gasteiger partial charge on any atom is -0.465 e. The number of pyridine rings is 1. The minimum absolute atomic E-state index is 0.0658. The van der Waals surface area contributed by atoms with Gasteiger partial charge in [0.25, 0.3) is 0 Å². The SMILES string of the molecule is CCOC(=O)c1cc(-c2ccnc(Cl)c2)[nH]c1C1CCN(C(=O)O)CC1. The van der Waals surface area contributed by atoms with Gasteiger partial charge in [-0.3, -0.25) is 0 Å². The number of hydrogen-bond donors (Lipinski definition) is 2. The molecule has 1 fully saturated rings. The van der Waals surface area contributed by atoms with E-state index in [0.29, 0.717) is 36.6 Å². The molecular weight excluding hydrogens is 358 g/mol. The zero-order chi connectivity index (χ0) is 18.7. The smallest absolute Gasteiger partial charge is 0.407 e. The molecule has 3 rings (SSSR count). The molecule has 0 radical (unpaired) electrons. The summed E-state index contributed by atoms with van der Waals surface area (Å²) in [6.07, 6.45) is 1.99. The Morgan fingerprint density at radius 2 is 2.12 bits per heavy atom. The fourth-order valence-corrected chi connectivity index (χ4v) is 3.43. The molecule has 0 aromatic carbocycles. The first kappa shape index (κ1) is 18.3. The molecule has 2 N–H and O–H groups in total. The maximum Gasteiger partial charge on any atom is 0.407 e. The van der Waals surface area contributed by atoms with Crippen LogP contribution in [0.25, 0.3) is 11.3 Å². The van der Waals surface area contributed by atoms with Gasteiger partial charge >= 0.3 is 12.1 Å². The molecule has 0 bridgehead atoms. The van der Waals surface area contributed by atoms with Crippen LogP contribution in [0.15, 0.2) is 24.4 Å². The standard InChI is InChI=1S/C18H20ClN3O4/c1-2-26-17(23)13-10-14(12-3-6-20-15(19)9-12)21-16(13)11-4-7-22(8-5-11)18(24)25/h3,6,9-11,21H,2,4-5,7-8H2,1H3,(H,24,25). The molecule has 3 heterocycles. The first-order valence-corrected chi connectivity index (χ1v) is 8.87. The van der Waals surface area contributed by atoms with Gasteiger partial charge in [0.05, 0.1) is 12.2 Å². The number of likely N-dealkylation sites (tertiary alicyclic amines) is 1. The van der Waals surface area contributed by atoms with Crippen molar-refractivity contribution in [2.24, 2.45) is 0 Å². The number of amides is 1. The maximum atomic E-state index is 12.4. The molecule has 26 heavy (non-hydrogen) atoms. The van der Waals surface area contributed by atoms with E-state index in [1.807, 2.05) is 6.07 Å². The van der Waals surface area contributed by atoms with E-state index in [-0.39, 0.29) is 18.5 Å². The monoisotopic (exact) mass is 377 g/mol. The molecule has 0 saturated carbocycles. The van der Waals surface area contributed by atoms with Crippen LogP contribution in [0.2, 0.25) is 5.15 Å². The summed E-state index contributed by atoms with van der Waals surface area (Å²) in [6.45, 7) is 2.94. The predicted octanol–water partition coefficient (Wildman–Crippen LogP) is 3.76. The highest BCUT2D eigenvalue weighted by Crippen LogP contribution is 2.33. The summed E-state index contributed by atoms with van der Waals surface area (Å²) in [7, 11) is 0. The molecule has 1 amide bonds. The normalized spacial score (nSPS) is 15.1. The van der Waals surface area contributed by atoms with E-state index < -0.39 is 6.09 Å². The number of piperidine rings is 1. The third-order valence-electron chi connectivity index (χ3n) is 4.55. The van der Waals surface area contributed by atoms with E-state index in [0.717, 1.165) is 17.0 Å². The van der Waals surface area contributed by atoms with E-state index >= 15 is 0 Å². The molecule has 1 aliphatic heterocycles. The van der Waals surface area contributed by atoms with Crippen molar-refractivity contribution in [3.63, 3.8) is 0 Å². The number of carbonyl (C=O) groups is 2. The number of H-pyrrole nitrogens is 1. The Morgan fingerprint density at radius 3 is 2.73 bits per heavy atom. The van der Waals surface area contributed by atoms with Gasteiger partial charge in [-0.25, -0.2) is 14.6 Å². The summed E-state index contributed by atoms with van der Waals surface area (Å²) < 4.78 is 5.19. The van der Waals surface area contributed by atoms with Gasteiger partial charge in [-0.05, 0) is 38.0 Å². The number of hydrogen-bond acceptors (Lipinski definition) is 4. The van der Waals surface area contributed by atoms with Gasteiger partial charge in [-0.1, -0.05) is 11.6 Å². The molecule has 1 aliphatic rings. The van der Waals surface area contributed by atoms with Crippen LogP contribution in [-0.4, -0.2) is 51.7 Å². The van der Waals surface area contributed by atoms with Crippen molar-refractivity contribution in [3.05, 3.63) is 40.8 Å². The minimum atomic E-state index is -0.910. The van der Waals surface area contributed by atoms with E-state index in [4.69, 9.17) is 21.4 Å². The van der Waals surface area contributed by atoms with Crippen LogP contribution in [0.4, 0.5) is 4.79 Å². The Kier molecular flexibility index (Phi) is 5.46. The lowest BCUT2D eigenvalue weighted by Gasteiger charge is -2.30. The fraction of sp³-hybridized carbons (Fsp3) is 0.389. The third kappa shape index (κ3) is 3.83. The first-order valence-electron chi connectivity index (χ1n) is 8.49. The summed E-state index contributed by atoms with van der Waals surface area (Å²) in [5, 5.41) is 9.48. The molecular formula is C18H20ClN3O4. The van der Waals surface area contributed by atoms with Gasteiger partial charge in [0.2, 0.25) is 0 Å². The Morgan fingerprint density at radius 1 is 1.38 bits per heavy atom. The Hall–Kier alpha value is -2.54. The molecule has 0 aliphatic carbocycles. The number of esters is 1. The van der Waals surface area contributed by atoms with E-state index in [1.54, 1.807) is 25.3 Å². The van der Waals surface area contributed by atoms with Crippen molar-refractivity contribution in [3.8, 4) is 11.3 Å². The summed E-state index contributed by atoms with van der Waals surface area (Å²) in [4.78, 5) is 32.2. The lowest BCUT2D eigenvalue weighted by molar-refractivity contribution is 0.0523. The van der Waals surface area contributed by atoms with Crippen LogP contribution in [0.1, 0.15) is 41.7 Å². The molecule has 2 aromatic rings.